The van der Waals surface area contributed by atoms with Gasteiger partial charge in [-0.1, -0.05) is 18.5 Å². The molecular formula is C17H24ClN5O. The molecule has 7 heteroatoms. The van der Waals surface area contributed by atoms with E-state index in [1.807, 2.05) is 25.1 Å². The van der Waals surface area contributed by atoms with Gasteiger partial charge in [0, 0.05) is 45.0 Å². The van der Waals surface area contributed by atoms with Crippen molar-refractivity contribution in [1.29, 1.82) is 0 Å². The lowest BCUT2D eigenvalue weighted by atomic mass is 9.97. The zero-order chi connectivity index (χ0) is 17.3. The van der Waals surface area contributed by atoms with Crippen LogP contribution >= 0.6 is 11.6 Å². The number of amides is 1. The molecule has 0 saturated carbocycles. The number of piperidine rings is 1. The summed E-state index contributed by atoms with van der Waals surface area (Å²) >= 11 is 6.23. The fraction of sp³-hybridized carbons (Fsp3) is 0.588. The molecule has 130 valence electrons. The van der Waals surface area contributed by atoms with Crippen LogP contribution in [-0.4, -0.2) is 43.2 Å². The third-order valence-corrected chi connectivity index (χ3v) is 4.76. The van der Waals surface area contributed by atoms with Crippen LogP contribution in [0.3, 0.4) is 0 Å². The normalized spacial score (nSPS) is 18.2. The molecule has 6 nitrogen and oxygen atoms in total. The van der Waals surface area contributed by atoms with Gasteiger partial charge in [0.2, 0.25) is 0 Å². The zero-order valence-corrected chi connectivity index (χ0v) is 15.3. The monoisotopic (exact) mass is 349 g/mol. The first-order valence-electron chi connectivity index (χ1n) is 8.51. The standard InChI is InChI=1S/C17H24ClN5O/c1-4-7-23-11-14(18)15(20-23)17(24)22-8-5-6-13(10-22)16-19-12(2)9-21(16)3/h9,11,13H,4-8,10H2,1-3H3/t13-/m1/s1. The van der Waals surface area contributed by atoms with Crippen LogP contribution in [-0.2, 0) is 13.6 Å². The fourth-order valence-electron chi connectivity index (χ4n) is 3.42. The first-order valence-corrected chi connectivity index (χ1v) is 8.89. The molecule has 1 atom stereocenters. The second kappa shape index (κ2) is 6.97. The van der Waals surface area contributed by atoms with Crippen molar-refractivity contribution in [2.75, 3.05) is 13.1 Å². The van der Waals surface area contributed by atoms with E-state index in [2.05, 4.69) is 21.6 Å². The van der Waals surface area contributed by atoms with Gasteiger partial charge in [-0.05, 0) is 26.2 Å². The molecule has 0 aromatic carbocycles. The first-order chi connectivity index (χ1) is 11.5. The Morgan fingerprint density at radius 1 is 1.42 bits per heavy atom. The van der Waals surface area contributed by atoms with Crippen LogP contribution in [0.15, 0.2) is 12.4 Å². The van der Waals surface area contributed by atoms with E-state index in [0.29, 0.717) is 17.3 Å². The molecule has 2 aromatic heterocycles. The molecule has 0 bridgehead atoms. The van der Waals surface area contributed by atoms with Gasteiger partial charge < -0.3 is 9.47 Å². The summed E-state index contributed by atoms with van der Waals surface area (Å²) in [6.45, 7) is 6.24. The Bertz CT molecular complexity index is 735. The molecule has 0 radical (unpaired) electrons. The average molecular weight is 350 g/mol. The Kier molecular flexibility index (Phi) is 4.94. The van der Waals surface area contributed by atoms with Crippen LogP contribution in [0.25, 0.3) is 0 Å². The van der Waals surface area contributed by atoms with Crippen molar-refractivity contribution in [3.05, 3.63) is 34.6 Å². The number of rotatable bonds is 4. The fourth-order valence-corrected chi connectivity index (χ4v) is 3.65. The van der Waals surface area contributed by atoms with Gasteiger partial charge >= 0.3 is 0 Å². The number of hydrogen-bond donors (Lipinski definition) is 0. The van der Waals surface area contributed by atoms with Gasteiger partial charge in [0.05, 0.1) is 10.7 Å². The number of carbonyl (C=O) groups excluding carboxylic acids is 1. The highest BCUT2D eigenvalue weighted by Crippen LogP contribution is 2.28. The Morgan fingerprint density at radius 2 is 2.21 bits per heavy atom. The van der Waals surface area contributed by atoms with Gasteiger partial charge in [0.25, 0.3) is 5.91 Å². The second-order valence-electron chi connectivity index (χ2n) is 6.53. The minimum absolute atomic E-state index is 0.0783. The molecular weight excluding hydrogens is 326 g/mol. The van der Waals surface area contributed by atoms with E-state index in [-0.39, 0.29) is 11.8 Å². The van der Waals surface area contributed by atoms with E-state index in [1.54, 1.807) is 10.9 Å². The van der Waals surface area contributed by atoms with Crippen LogP contribution in [0.5, 0.6) is 0 Å². The summed E-state index contributed by atoms with van der Waals surface area (Å²) in [6.07, 6.45) is 6.73. The Morgan fingerprint density at radius 3 is 2.88 bits per heavy atom. The van der Waals surface area contributed by atoms with Crippen molar-refractivity contribution in [2.24, 2.45) is 7.05 Å². The summed E-state index contributed by atoms with van der Waals surface area (Å²) in [4.78, 5) is 19.3. The molecule has 0 unspecified atom stereocenters. The van der Waals surface area contributed by atoms with E-state index in [9.17, 15) is 4.79 Å². The van der Waals surface area contributed by atoms with Crippen molar-refractivity contribution in [1.82, 2.24) is 24.2 Å². The number of aromatic nitrogens is 4. The third kappa shape index (κ3) is 3.34. The molecule has 1 aliphatic heterocycles. The quantitative estimate of drug-likeness (QED) is 0.852. The van der Waals surface area contributed by atoms with Crippen LogP contribution in [0.1, 0.15) is 54.1 Å². The van der Waals surface area contributed by atoms with Gasteiger partial charge in [-0.15, -0.1) is 0 Å². The maximum absolute atomic E-state index is 12.8. The van der Waals surface area contributed by atoms with Crippen LogP contribution in [0.4, 0.5) is 0 Å². The average Bonchev–Trinajstić information content (AvgIpc) is 3.09. The summed E-state index contributed by atoms with van der Waals surface area (Å²) in [6, 6.07) is 0. The van der Waals surface area contributed by atoms with Gasteiger partial charge in [0.15, 0.2) is 5.69 Å². The molecule has 0 aliphatic carbocycles. The topological polar surface area (TPSA) is 56.0 Å². The highest BCUT2D eigenvalue weighted by Gasteiger charge is 2.30. The van der Waals surface area contributed by atoms with Gasteiger partial charge in [-0.25, -0.2) is 4.98 Å². The van der Waals surface area contributed by atoms with Gasteiger partial charge in [-0.3, -0.25) is 9.48 Å². The Balaban J connectivity index is 1.77. The smallest absolute Gasteiger partial charge is 0.275 e. The maximum atomic E-state index is 12.8. The molecule has 1 amide bonds. The number of hydrogen-bond acceptors (Lipinski definition) is 3. The molecule has 0 N–H and O–H groups in total. The predicted molar refractivity (Wildman–Crippen MR) is 93.4 cm³/mol. The van der Waals surface area contributed by atoms with Crippen LogP contribution in [0, 0.1) is 6.92 Å². The summed E-state index contributed by atoms with van der Waals surface area (Å²) < 4.78 is 3.82. The van der Waals surface area contributed by atoms with E-state index in [4.69, 9.17) is 11.6 Å². The second-order valence-corrected chi connectivity index (χ2v) is 6.94. The summed E-state index contributed by atoms with van der Waals surface area (Å²) in [5.74, 6) is 1.23. The third-order valence-electron chi connectivity index (χ3n) is 4.48. The molecule has 1 saturated heterocycles. The summed E-state index contributed by atoms with van der Waals surface area (Å²) in [5, 5.41) is 4.80. The molecule has 0 spiro atoms. The first kappa shape index (κ1) is 17.0. The largest absolute Gasteiger partial charge is 0.337 e. The number of halogens is 1. The number of aryl methyl sites for hydroxylation is 3. The molecule has 3 rings (SSSR count). The van der Waals surface area contributed by atoms with E-state index in [1.165, 1.54) is 0 Å². The van der Waals surface area contributed by atoms with Crippen LogP contribution < -0.4 is 0 Å². The number of imidazole rings is 1. The minimum Gasteiger partial charge on any atom is -0.337 e. The van der Waals surface area contributed by atoms with E-state index < -0.39 is 0 Å². The molecule has 3 heterocycles. The van der Waals surface area contributed by atoms with Crippen molar-refractivity contribution in [3.63, 3.8) is 0 Å². The maximum Gasteiger partial charge on any atom is 0.275 e. The lowest BCUT2D eigenvalue weighted by molar-refractivity contribution is 0.0696. The van der Waals surface area contributed by atoms with Gasteiger partial charge in [0.1, 0.15) is 5.82 Å². The lowest BCUT2D eigenvalue weighted by Crippen LogP contribution is -2.40. The zero-order valence-electron chi connectivity index (χ0n) is 14.5. The Labute approximate surface area is 147 Å². The van der Waals surface area contributed by atoms with Crippen molar-refractivity contribution in [2.45, 2.75) is 45.6 Å². The van der Waals surface area contributed by atoms with Crippen LogP contribution in [0.2, 0.25) is 5.02 Å². The van der Waals surface area contributed by atoms with E-state index >= 15 is 0 Å². The number of likely N-dealkylation sites (tertiary alicyclic amines) is 1. The summed E-state index contributed by atoms with van der Waals surface area (Å²) in [7, 11) is 2.01. The molecule has 1 fully saturated rings. The summed E-state index contributed by atoms with van der Waals surface area (Å²) in [5.41, 5.74) is 1.37. The van der Waals surface area contributed by atoms with Crippen molar-refractivity contribution in [3.8, 4) is 0 Å². The number of nitrogens with zero attached hydrogens (tertiary/aromatic N) is 5. The molecule has 2 aromatic rings. The molecule has 24 heavy (non-hydrogen) atoms. The highest BCUT2D eigenvalue weighted by atomic mass is 35.5. The van der Waals surface area contributed by atoms with Crippen molar-refractivity contribution < 1.29 is 4.79 Å². The highest BCUT2D eigenvalue weighted by molar-refractivity contribution is 6.33. The predicted octanol–water partition coefficient (Wildman–Crippen LogP) is 3.01. The molecule has 1 aliphatic rings. The SMILES string of the molecule is CCCn1cc(Cl)c(C(=O)N2CCC[C@@H](c3nc(C)cn3C)C2)n1. The van der Waals surface area contributed by atoms with Crippen molar-refractivity contribution >= 4 is 17.5 Å². The van der Waals surface area contributed by atoms with Gasteiger partial charge in [-0.2, -0.15) is 5.10 Å². The minimum atomic E-state index is -0.0783. The number of carbonyl (C=O) groups is 1. The lowest BCUT2D eigenvalue weighted by Gasteiger charge is -2.32. The van der Waals surface area contributed by atoms with E-state index in [0.717, 1.165) is 43.9 Å². The Hall–Kier alpha value is -1.82.